The fourth-order valence-electron chi connectivity index (χ4n) is 2.37. The van der Waals surface area contributed by atoms with Crippen molar-refractivity contribution in [2.24, 2.45) is 5.73 Å². The Morgan fingerprint density at radius 2 is 2.40 bits per heavy atom. The SMILES string of the molecule is CCCn1cncc1COc1ccc2c(c1)OCC2N. The third-order valence-corrected chi connectivity index (χ3v) is 3.45. The Bertz CT molecular complexity index is 595. The molecule has 1 atom stereocenters. The van der Waals surface area contributed by atoms with E-state index in [1.54, 1.807) is 0 Å². The van der Waals surface area contributed by atoms with Crippen LogP contribution in [0, 0.1) is 0 Å². The van der Waals surface area contributed by atoms with E-state index >= 15 is 0 Å². The van der Waals surface area contributed by atoms with E-state index in [0.717, 1.165) is 35.7 Å². The highest BCUT2D eigenvalue weighted by molar-refractivity contribution is 5.44. The average Bonchev–Trinajstić information content (AvgIpc) is 3.04. The number of ether oxygens (including phenoxy) is 2. The number of rotatable bonds is 5. The number of hydrogen-bond acceptors (Lipinski definition) is 4. The van der Waals surface area contributed by atoms with Crippen molar-refractivity contribution in [2.75, 3.05) is 6.61 Å². The number of hydrogen-bond donors (Lipinski definition) is 1. The number of nitrogens with two attached hydrogens (primary N) is 1. The molecule has 1 aliphatic rings. The van der Waals surface area contributed by atoms with Crippen LogP contribution in [0.25, 0.3) is 0 Å². The van der Waals surface area contributed by atoms with E-state index in [4.69, 9.17) is 15.2 Å². The third kappa shape index (κ3) is 2.49. The van der Waals surface area contributed by atoms with Crippen molar-refractivity contribution in [3.8, 4) is 11.5 Å². The van der Waals surface area contributed by atoms with Gasteiger partial charge in [0.25, 0.3) is 0 Å². The Labute approximate surface area is 118 Å². The normalized spacial score (nSPS) is 16.8. The van der Waals surface area contributed by atoms with E-state index in [9.17, 15) is 0 Å². The maximum atomic E-state index is 5.92. The number of aromatic nitrogens is 2. The summed E-state index contributed by atoms with van der Waals surface area (Å²) in [5, 5.41) is 0. The largest absolute Gasteiger partial charge is 0.491 e. The van der Waals surface area contributed by atoms with Gasteiger partial charge in [-0.15, -0.1) is 0 Å². The van der Waals surface area contributed by atoms with Gasteiger partial charge < -0.3 is 19.8 Å². The van der Waals surface area contributed by atoms with E-state index in [1.165, 1.54) is 0 Å². The highest BCUT2D eigenvalue weighted by Crippen LogP contribution is 2.34. The molecule has 0 radical (unpaired) electrons. The number of imidazole rings is 1. The smallest absolute Gasteiger partial charge is 0.130 e. The molecule has 20 heavy (non-hydrogen) atoms. The maximum absolute atomic E-state index is 5.92. The summed E-state index contributed by atoms with van der Waals surface area (Å²) >= 11 is 0. The number of aryl methyl sites for hydroxylation is 1. The predicted octanol–water partition coefficient (Wildman–Crippen LogP) is 2.26. The lowest BCUT2D eigenvalue weighted by molar-refractivity contribution is 0.291. The van der Waals surface area contributed by atoms with Crippen molar-refractivity contribution in [3.63, 3.8) is 0 Å². The van der Waals surface area contributed by atoms with Crippen LogP contribution in [0.15, 0.2) is 30.7 Å². The van der Waals surface area contributed by atoms with Gasteiger partial charge in [0, 0.05) is 18.2 Å². The van der Waals surface area contributed by atoms with Gasteiger partial charge in [0.05, 0.1) is 24.3 Å². The summed E-state index contributed by atoms with van der Waals surface area (Å²) in [7, 11) is 0. The van der Waals surface area contributed by atoms with Gasteiger partial charge in [-0.1, -0.05) is 6.92 Å². The molecule has 1 aliphatic heterocycles. The molecular weight excluding hydrogens is 254 g/mol. The van der Waals surface area contributed by atoms with E-state index in [-0.39, 0.29) is 6.04 Å². The van der Waals surface area contributed by atoms with Crippen LogP contribution in [-0.4, -0.2) is 16.2 Å². The maximum Gasteiger partial charge on any atom is 0.130 e. The molecule has 3 rings (SSSR count). The fraction of sp³-hybridized carbons (Fsp3) is 0.400. The average molecular weight is 273 g/mol. The van der Waals surface area contributed by atoms with E-state index in [2.05, 4.69) is 16.5 Å². The number of fused-ring (bicyclic) bond motifs is 1. The molecule has 1 aromatic carbocycles. The monoisotopic (exact) mass is 273 g/mol. The minimum Gasteiger partial charge on any atom is -0.491 e. The molecule has 0 bridgehead atoms. The molecule has 106 valence electrons. The minimum atomic E-state index is -0.0231. The van der Waals surface area contributed by atoms with E-state index < -0.39 is 0 Å². The van der Waals surface area contributed by atoms with E-state index in [1.807, 2.05) is 30.7 Å². The summed E-state index contributed by atoms with van der Waals surface area (Å²) in [6, 6.07) is 5.80. The molecule has 1 aromatic heterocycles. The summed E-state index contributed by atoms with van der Waals surface area (Å²) in [6.45, 7) is 4.15. The molecule has 0 saturated carbocycles. The van der Waals surface area contributed by atoms with Gasteiger partial charge in [0.15, 0.2) is 0 Å². The van der Waals surface area contributed by atoms with Gasteiger partial charge in [-0.2, -0.15) is 0 Å². The summed E-state index contributed by atoms with van der Waals surface area (Å²) in [4.78, 5) is 4.16. The molecule has 5 nitrogen and oxygen atoms in total. The molecule has 2 aromatic rings. The lowest BCUT2D eigenvalue weighted by Crippen LogP contribution is -2.10. The quantitative estimate of drug-likeness (QED) is 0.907. The van der Waals surface area contributed by atoms with Crippen molar-refractivity contribution in [3.05, 3.63) is 42.0 Å². The second-order valence-corrected chi connectivity index (χ2v) is 4.98. The molecule has 1 unspecified atom stereocenters. The molecule has 2 N–H and O–H groups in total. The van der Waals surface area contributed by atoms with Crippen LogP contribution in [0.1, 0.15) is 30.6 Å². The van der Waals surface area contributed by atoms with Crippen molar-refractivity contribution in [1.82, 2.24) is 9.55 Å². The number of benzene rings is 1. The zero-order valence-corrected chi connectivity index (χ0v) is 11.6. The fourth-order valence-corrected chi connectivity index (χ4v) is 2.37. The van der Waals surface area contributed by atoms with Gasteiger partial charge in [-0.3, -0.25) is 0 Å². The zero-order valence-electron chi connectivity index (χ0n) is 11.6. The van der Waals surface area contributed by atoms with Crippen molar-refractivity contribution in [1.29, 1.82) is 0 Å². The van der Waals surface area contributed by atoms with Gasteiger partial charge in [-0.05, 0) is 18.6 Å². The van der Waals surface area contributed by atoms with Gasteiger partial charge >= 0.3 is 0 Å². The van der Waals surface area contributed by atoms with Crippen LogP contribution < -0.4 is 15.2 Å². The van der Waals surface area contributed by atoms with Crippen molar-refractivity contribution in [2.45, 2.75) is 32.5 Å². The van der Waals surface area contributed by atoms with Crippen LogP contribution in [0.2, 0.25) is 0 Å². The first-order valence-electron chi connectivity index (χ1n) is 6.92. The van der Waals surface area contributed by atoms with Crippen LogP contribution >= 0.6 is 0 Å². The van der Waals surface area contributed by atoms with E-state index in [0.29, 0.717) is 13.2 Å². The summed E-state index contributed by atoms with van der Waals surface area (Å²) in [5.41, 5.74) is 8.05. The van der Waals surface area contributed by atoms with Crippen LogP contribution in [0.5, 0.6) is 11.5 Å². The lowest BCUT2D eigenvalue weighted by atomic mass is 10.1. The second kappa shape index (κ2) is 5.54. The first-order valence-corrected chi connectivity index (χ1v) is 6.92. The molecule has 0 amide bonds. The third-order valence-electron chi connectivity index (χ3n) is 3.45. The highest BCUT2D eigenvalue weighted by Gasteiger charge is 2.20. The highest BCUT2D eigenvalue weighted by atomic mass is 16.5. The van der Waals surface area contributed by atoms with Gasteiger partial charge in [-0.25, -0.2) is 4.98 Å². The molecule has 5 heteroatoms. The minimum absolute atomic E-state index is 0.0231. The van der Waals surface area contributed by atoms with Gasteiger partial charge in [0.1, 0.15) is 24.7 Å². The number of nitrogens with zero attached hydrogens (tertiary/aromatic N) is 2. The Morgan fingerprint density at radius 1 is 1.50 bits per heavy atom. The van der Waals surface area contributed by atoms with Crippen molar-refractivity contribution >= 4 is 0 Å². The standard InChI is InChI=1S/C15H19N3O2/c1-2-5-18-10-17-7-11(18)8-19-12-3-4-13-14(16)9-20-15(13)6-12/h3-4,6-7,10,14H,2,5,8-9,16H2,1H3. The summed E-state index contributed by atoms with van der Waals surface area (Å²) < 4.78 is 13.5. The lowest BCUT2D eigenvalue weighted by Gasteiger charge is -2.10. The molecule has 0 saturated heterocycles. The molecule has 0 aliphatic carbocycles. The Morgan fingerprint density at radius 3 is 3.25 bits per heavy atom. The molecular formula is C15H19N3O2. The van der Waals surface area contributed by atoms with Crippen LogP contribution in [-0.2, 0) is 13.2 Å². The Hall–Kier alpha value is -2.01. The Balaban J connectivity index is 1.68. The topological polar surface area (TPSA) is 62.3 Å². The van der Waals surface area contributed by atoms with Crippen molar-refractivity contribution < 1.29 is 9.47 Å². The summed E-state index contributed by atoms with van der Waals surface area (Å²) in [5.74, 6) is 1.62. The van der Waals surface area contributed by atoms with Crippen LogP contribution in [0.3, 0.4) is 0 Å². The molecule has 0 fully saturated rings. The Kier molecular flexibility index (Phi) is 3.60. The molecule has 0 spiro atoms. The first kappa shape index (κ1) is 13.0. The predicted molar refractivity (Wildman–Crippen MR) is 75.7 cm³/mol. The first-order chi connectivity index (χ1) is 9.78. The molecule has 2 heterocycles. The zero-order chi connectivity index (χ0) is 13.9. The van der Waals surface area contributed by atoms with Gasteiger partial charge in [0.2, 0.25) is 0 Å². The van der Waals surface area contributed by atoms with Crippen LogP contribution in [0.4, 0.5) is 0 Å². The second-order valence-electron chi connectivity index (χ2n) is 4.98. The summed E-state index contributed by atoms with van der Waals surface area (Å²) in [6.07, 6.45) is 4.76.